The maximum absolute atomic E-state index is 11.6. The quantitative estimate of drug-likeness (QED) is 0.583. The molecule has 2 heteroatoms. The average molecular weight is 173 g/mol. The topological polar surface area (TPSA) is 32.9 Å². The summed E-state index contributed by atoms with van der Waals surface area (Å²) in [6.45, 7) is 1.93. The number of aryl methyl sites for hydroxylation is 1. The third-order valence-electron chi connectivity index (χ3n) is 2.89. The molecule has 0 bridgehead atoms. The van der Waals surface area contributed by atoms with E-state index < -0.39 is 0 Å². The molecular formula is C11H11NO. The minimum atomic E-state index is 0.160. The minimum absolute atomic E-state index is 0.160. The molecule has 2 nitrogen and oxygen atoms in total. The van der Waals surface area contributed by atoms with Crippen LogP contribution in [0.4, 0.5) is 0 Å². The largest absolute Gasteiger partial charge is 0.359 e. The lowest BCUT2D eigenvalue weighted by Crippen LogP contribution is -2.42. The summed E-state index contributed by atoms with van der Waals surface area (Å²) in [5.74, 6) is 1.35. The van der Waals surface area contributed by atoms with E-state index in [4.69, 9.17) is 0 Å². The number of pyridine rings is 1. The predicted molar refractivity (Wildman–Crippen MR) is 51.6 cm³/mol. The molecule has 1 fully saturated rings. The highest BCUT2D eigenvalue weighted by atomic mass is 16.1. The van der Waals surface area contributed by atoms with Crippen molar-refractivity contribution in [3.8, 4) is 0 Å². The molecule has 1 aromatic rings. The van der Waals surface area contributed by atoms with Crippen LogP contribution in [0.25, 0.3) is 12.2 Å². The van der Waals surface area contributed by atoms with Gasteiger partial charge in [0, 0.05) is 22.3 Å². The molecule has 2 aliphatic carbocycles. The Labute approximate surface area is 75.6 Å². The normalized spacial score (nSPS) is 28.1. The van der Waals surface area contributed by atoms with Crippen LogP contribution in [0.3, 0.4) is 0 Å². The van der Waals surface area contributed by atoms with Gasteiger partial charge in [-0.2, -0.15) is 0 Å². The van der Waals surface area contributed by atoms with Crippen molar-refractivity contribution < 1.29 is 0 Å². The third kappa shape index (κ3) is 0.981. The number of fused-ring (bicyclic) bond motifs is 2. The van der Waals surface area contributed by atoms with Crippen molar-refractivity contribution in [2.75, 3.05) is 0 Å². The van der Waals surface area contributed by atoms with Crippen LogP contribution in [0.2, 0.25) is 0 Å². The van der Waals surface area contributed by atoms with Gasteiger partial charge in [0.15, 0.2) is 5.43 Å². The van der Waals surface area contributed by atoms with E-state index in [1.807, 2.05) is 6.92 Å². The van der Waals surface area contributed by atoms with Crippen LogP contribution in [0.5, 0.6) is 0 Å². The molecule has 2 unspecified atom stereocenters. The molecule has 0 saturated heterocycles. The number of aromatic nitrogens is 1. The van der Waals surface area contributed by atoms with Gasteiger partial charge >= 0.3 is 0 Å². The summed E-state index contributed by atoms with van der Waals surface area (Å²) in [6.07, 6.45) is 5.55. The monoisotopic (exact) mass is 173 g/mol. The number of rotatable bonds is 0. The molecule has 0 radical (unpaired) electrons. The first kappa shape index (κ1) is 7.13. The van der Waals surface area contributed by atoms with Gasteiger partial charge in [0.05, 0.1) is 0 Å². The van der Waals surface area contributed by atoms with Crippen molar-refractivity contribution in [2.24, 2.45) is 11.8 Å². The summed E-state index contributed by atoms with van der Waals surface area (Å²) in [7, 11) is 0. The Morgan fingerprint density at radius 2 is 2.15 bits per heavy atom. The van der Waals surface area contributed by atoms with Gasteiger partial charge in [-0.3, -0.25) is 4.79 Å². The molecule has 3 rings (SSSR count). The summed E-state index contributed by atoms with van der Waals surface area (Å²) in [5, 5.41) is 1.91. The van der Waals surface area contributed by atoms with Crippen molar-refractivity contribution in [3.63, 3.8) is 0 Å². The highest BCUT2D eigenvalue weighted by Gasteiger charge is 2.34. The van der Waals surface area contributed by atoms with Crippen LogP contribution >= 0.6 is 0 Å². The Morgan fingerprint density at radius 1 is 1.38 bits per heavy atom. The van der Waals surface area contributed by atoms with E-state index in [-0.39, 0.29) is 5.43 Å². The molecule has 1 heterocycles. The molecule has 66 valence electrons. The smallest absolute Gasteiger partial charge is 0.189 e. The molecule has 2 atom stereocenters. The number of hydrogen-bond acceptors (Lipinski definition) is 1. The molecule has 2 aliphatic rings. The van der Waals surface area contributed by atoms with Crippen molar-refractivity contribution >= 4 is 12.2 Å². The zero-order chi connectivity index (χ0) is 9.00. The van der Waals surface area contributed by atoms with E-state index in [0.717, 1.165) is 16.3 Å². The fourth-order valence-electron chi connectivity index (χ4n) is 2.07. The Bertz CT molecular complexity index is 538. The number of H-pyrrole nitrogens is 1. The van der Waals surface area contributed by atoms with E-state index in [1.54, 1.807) is 6.07 Å². The van der Waals surface area contributed by atoms with Gasteiger partial charge in [0.2, 0.25) is 0 Å². The molecule has 1 aromatic heterocycles. The van der Waals surface area contributed by atoms with Gasteiger partial charge in [0.1, 0.15) is 0 Å². The lowest BCUT2D eigenvalue weighted by molar-refractivity contribution is 1.01. The lowest BCUT2D eigenvalue weighted by atomic mass is 10.1. The van der Waals surface area contributed by atoms with Crippen molar-refractivity contribution in [2.45, 2.75) is 13.3 Å². The Kier molecular flexibility index (Phi) is 1.17. The molecular weight excluding hydrogens is 162 g/mol. The zero-order valence-corrected chi connectivity index (χ0v) is 7.50. The molecule has 0 aromatic carbocycles. The molecule has 0 aliphatic heterocycles. The maximum atomic E-state index is 11.6. The standard InChI is InChI=1S/C11H11NO/c1-6-2-11(13)9-4-7-3-8(7)5-10(9)12-6/h2,4-5,7-8,12H,3H2,1H3. The van der Waals surface area contributed by atoms with E-state index in [9.17, 15) is 4.79 Å². The fourth-order valence-corrected chi connectivity index (χ4v) is 2.07. The first-order valence-corrected chi connectivity index (χ1v) is 4.68. The van der Waals surface area contributed by atoms with Gasteiger partial charge in [0.25, 0.3) is 0 Å². The molecule has 0 amide bonds. The van der Waals surface area contributed by atoms with E-state index in [1.165, 1.54) is 6.42 Å². The van der Waals surface area contributed by atoms with Crippen LogP contribution in [0.1, 0.15) is 12.1 Å². The van der Waals surface area contributed by atoms with Gasteiger partial charge in [-0.05, 0) is 25.2 Å². The van der Waals surface area contributed by atoms with Crippen LogP contribution in [0, 0.1) is 18.8 Å². The predicted octanol–water partition coefficient (Wildman–Crippen LogP) is -0.106. The molecule has 13 heavy (non-hydrogen) atoms. The second-order valence-electron chi connectivity index (χ2n) is 4.04. The Balaban J connectivity index is 2.49. The van der Waals surface area contributed by atoms with Crippen LogP contribution < -0.4 is 16.0 Å². The summed E-state index contributed by atoms with van der Waals surface area (Å²) in [4.78, 5) is 14.8. The van der Waals surface area contributed by atoms with Crippen molar-refractivity contribution in [1.82, 2.24) is 4.98 Å². The lowest BCUT2D eigenvalue weighted by Gasteiger charge is -1.99. The summed E-state index contributed by atoms with van der Waals surface area (Å²) in [5.41, 5.74) is 1.11. The fraction of sp³-hybridized carbons (Fsp3) is 0.364. The van der Waals surface area contributed by atoms with E-state index >= 15 is 0 Å². The van der Waals surface area contributed by atoms with Gasteiger partial charge < -0.3 is 4.98 Å². The summed E-state index contributed by atoms with van der Waals surface area (Å²) < 4.78 is 0. The molecule has 1 N–H and O–H groups in total. The average Bonchev–Trinajstić information content (AvgIpc) is 2.78. The number of aromatic amines is 1. The van der Waals surface area contributed by atoms with Gasteiger partial charge in [-0.25, -0.2) is 0 Å². The zero-order valence-electron chi connectivity index (χ0n) is 7.50. The Hall–Kier alpha value is -1.31. The highest BCUT2D eigenvalue weighted by molar-refractivity contribution is 5.47. The number of hydrogen-bond donors (Lipinski definition) is 1. The van der Waals surface area contributed by atoms with Crippen molar-refractivity contribution in [1.29, 1.82) is 0 Å². The van der Waals surface area contributed by atoms with Gasteiger partial charge in [-0.15, -0.1) is 0 Å². The third-order valence-corrected chi connectivity index (χ3v) is 2.89. The van der Waals surface area contributed by atoms with Crippen LogP contribution in [-0.2, 0) is 0 Å². The second kappa shape index (κ2) is 2.13. The molecule has 0 spiro atoms. The van der Waals surface area contributed by atoms with Crippen LogP contribution in [-0.4, -0.2) is 4.98 Å². The Morgan fingerprint density at radius 3 is 3.00 bits per heavy atom. The van der Waals surface area contributed by atoms with Crippen LogP contribution in [0.15, 0.2) is 10.9 Å². The van der Waals surface area contributed by atoms with E-state index in [0.29, 0.717) is 11.8 Å². The first-order valence-electron chi connectivity index (χ1n) is 4.68. The summed E-state index contributed by atoms with van der Waals surface area (Å²) >= 11 is 0. The number of nitrogens with one attached hydrogen (secondary N) is 1. The summed E-state index contributed by atoms with van der Waals surface area (Å²) in [6, 6.07) is 1.67. The molecule has 1 saturated carbocycles. The van der Waals surface area contributed by atoms with Gasteiger partial charge in [-0.1, -0.05) is 12.2 Å². The minimum Gasteiger partial charge on any atom is -0.359 e. The maximum Gasteiger partial charge on any atom is 0.189 e. The first-order chi connectivity index (χ1) is 6.24. The van der Waals surface area contributed by atoms with E-state index in [2.05, 4.69) is 17.1 Å². The second-order valence-corrected chi connectivity index (χ2v) is 4.04. The highest BCUT2D eigenvalue weighted by Crippen LogP contribution is 2.41. The SMILES string of the molecule is Cc1cc(=O)c2c([nH]1)=CC1CC1C=2. The van der Waals surface area contributed by atoms with Crippen molar-refractivity contribution in [3.05, 3.63) is 32.6 Å².